The number of hydrogen-bond acceptors (Lipinski definition) is 5. The number of hydrogen-bond donors (Lipinski definition) is 2. The Morgan fingerprint density at radius 1 is 1.19 bits per heavy atom. The van der Waals surface area contributed by atoms with Gasteiger partial charge in [0.15, 0.2) is 0 Å². The number of carbonyl (C=O) groups excluding carboxylic acids is 2. The molecule has 26 heavy (non-hydrogen) atoms. The van der Waals surface area contributed by atoms with Gasteiger partial charge in [0, 0.05) is 26.2 Å². The fourth-order valence-electron chi connectivity index (χ4n) is 2.45. The van der Waals surface area contributed by atoms with Crippen molar-refractivity contribution in [3.05, 3.63) is 53.3 Å². The Balaban J connectivity index is 1.60. The van der Waals surface area contributed by atoms with Gasteiger partial charge in [-0.2, -0.15) is 5.10 Å². The molecule has 9 nitrogen and oxygen atoms in total. The van der Waals surface area contributed by atoms with Gasteiger partial charge < -0.3 is 10.6 Å². The van der Waals surface area contributed by atoms with Crippen molar-refractivity contribution in [1.82, 2.24) is 24.6 Å². The van der Waals surface area contributed by atoms with Gasteiger partial charge in [-0.25, -0.2) is 4.98 Å². The molecule has 0 aliphatic rings. The second kappa shape index (κ2) is 7.60. The van der Waals surface area contributed by atoms with E-state index < -0.39 is 0 Å². The van der Waals surface area contributed by atoms with E-state index in [4.69, 9.17) is 0 Å². The Labute approximate surface area is 148 Å². The van der Waals surface area contributed by atoms with E-state index in [0.717, 1.165) is 0 Å². The van der Waals surface area contributed by atoms with E-state index in [2.05, 4.69) is 20.7 Å². The van der Waals surface area contributed by atoms with Crippen molar-refractivity contribution in [1.29, 1.82) is 0 Å². The van der Waals surface area contributed by atoms with E-state index in [1.54, 1.807) is 24.4 Å². The van der Waals surface area contributed by atoms with E-state index in [1.165, 1.54) is 28.8 Å². The molecule has 0 saturated carbocycles. The number of anilines is 1. The standard InChI is InChI=1S/C17H18N6O3/c1-18-16(25)10-23-9-12(8-20-23)21-15(24)6-7-22-11-19-14-5-3-2-4-13(14)17(22)26/h2-5,8-9,11H,6-7,10H2,1H3,(H,18,25)(H,21,24). The molecule has 2 N–H and O–H groups in total. The Morgan fingerprint density at radius 3 is 2.81 bits per heavy atom. The molecular weight excluding hydrogens is 336 g/mol. The molecule has 0 radical (unpaired) electrons. The van der Waals surface area contributed by atoms with E-state index in [-0.39, 0.29) is 36.9 Å². The molecule has 1 aromatic carbocycles. The summed E-state index contributed by atoms with van der Waals surface area (Å²) in [4.78, 5) is 40.0. The van der Waals surface area contributed by atoms with Gasteiger partial charge >= 0.3 is 0 Å². The van der Waals surface area contributed by atoms with Crippen molar-refractivity contribution < 1.29 is 9.59 Å². The summed E-state index contributed by atoms with van der Waals surface area (Å²) in [6.07, 6.45) is 4.58. The zero-order valence-electron chi connectivity index (χ0n) is 14.2. The molecule has 0 aliphatic heterocycles. The van der Waals surface area contributed by atoms with Crippen LogP contribution in [0, 0.1) is 0 Å². The number of carbonyl (C=O) groups is 2. The molecule has 2 aromatic heterocycles. The lowest BCUT2D eigenvalue weighted by atomic mass is 10.2. The minimum atomic E-state index is -0.260. The molecule has 0 unspecified atom stereocenters. The molecule has 0 bridgehead atoms. The average molecular weight is 354 g/mol. The molecule has 0 aliphatic carbocycles. The highest BCUT2D eigenvalue weighted by Crippen LogP contribution is 2.07. The number of nitrogens with one attached hydrogen (secondary N) is 2. The van der Waals surface area contributed by atoms with Crippen molar-refractivity contribution >= 4 is 28.4 Å². The molecule has 3 rings (SSSR count). The molecular formula is C17H18N6O3. The van der Waals surface area contributed by atoms with Crippen LogP contribution in [0.5, 0.6) is 0 Å². The third kappa shape index (κ3) is 3.94. The van der Waals surface area contributed by atoms with Crippen LogP contribution in [0.25, 0.3) is 10.9 Å². The summed E-state index contributed by atoms with van der Waals surface area (Å²) in [5.74, 6) is -0.446. The van der Waals surface area contributed by atoms with Gasteiger partial charge in [-0.05, 0) is 12.1 Å². The van der Waals surface area contributed by atoms with Gasteiger partial charge in [0.1, 0.15) is 6.54 Å². The number of likely N-dealkylation sites (N-methyl/N-ethyl adjacent to an activating group) is 1. The summed E-state index contributed by atoms with van der Waals surface area (Å²) in [7, 11) is 1.54. The van der Waals surface area contributed by atoms with Gasteiger partial charge in [0.2, 0.25) is 11.8 Å². The van der Waals surface area contributed by atoms with Crippen molar-refractivity contribution in [2.24, 2.45) is 0 Å². The van der Waals surface area contributed by atoms with Crippen LogP contribution in [0.2, 0.25) is 0 Å². The fraction of sp³-hybridized carbons (Fsp3) is 0.235. The number of rotatable bonds is 6. The number of amides is 2. The average Bonchev–Trinajstić information content (AvgIpc) is 3.08. The largest absolute Gasteiger partial charge is 0.358 e. The minimum absolute atomic E-state index is 0.0739. The summed E-state index contributed by atoms with van der Waals surface area (Å²) in [6.45, 7) is 0.291. The third-order valence-corrected chi connectivity index (χ3v) is 3.81. The molecule has 2 amide bonds. The molecule has 9 heteroatoms. The van der Waals surface area contributed by atoms with Gasteiger partial charge in [0.25, 0.3) is 5.56 Å². The first-order valence-corrected chi connectivity index (χ1v) is 8.04. The van der Waals surface area contributed by atoms with Crippen LogP contribution in [0.15, 0.2) is 47.8 Å². The molecule has 0 atom stereocenters. The summed E-state index contributed by atoms with van der Waals surface area (Å²) >= 11 is 0. The van der Waals surface area contributed by atoms with Crippen LogP contribution in [-0.4, -0.2) is 38.2 Å². The first-order valence-electron chi connectivity index (χ1n) is 8.04. The normalized spacial score (nSPS) is 10.7. The summed E-state index contributed by atoms with van der Waals surface area (Å²) in [5, 5.41) is 9.70. The fourth-order valence-corrected chi connectivity index (χ4v) is 2.45. The third-order valence-electron chi connectivity index (χ3n) is 3.81. The van der Waals surface area contributed by atoms with Crippen LogP contribution in [0.4, 0.5) is 5.69 Å². The number of fused-ring (bicyclic) bond motifs is 1. The van der Waals surface area contributed by atoms with Crippen molar-refractivity contribution in [3.8, 4) is 0 Å². The predicted molar refractivity (Wildman–Crippen MR) is 95.5 cm³/mol. The number of nitrogens with zero attached hydrogens (tertiary/aromatic N) is 4. The van der Waals surface area contributed by atoms with Crippen LogP contribution in [0.1, 0.15) is 6.42 Å². The first-order chi connectivity index (χ1) is 12.6. The number of benzene rings is 1. The lowest BCUT2D eigenvalue weighted by Gasteiger charge is -2.06. The lowest BCUT2D eigenvalue weighted by Crippen LogP contribution is -2.24. The molecule has 0 fully saturated rings. The van der Waals surface area contributed by atoms with Crippen molar-refractivity contribution in [3.63, 3.8) is 0 Å². The topological polar surface area (TPSA) is 111 Å². The Kier molecular flexibility index (Phi) is 5.07. The van der Waals surface area contributed by atoms with Crippen LogP contribution in [-0.2, 0) is 22.7 Å². The van der Waals surface area contributed by atoms with E-state index in [9.17, 15) is 14.4 Å². The number of aryl methyl sites for hydroxylation is 1. The maximum atomic E-state index is 12.4. The molecule has 2 heterocycles. The quantitative estimate of drug-likeness (QED) is 0.664. The van der Waals surface area contributed by atoms with Crippen LogP contribution < -0.4 is 16.2 Å². The highest BCUT2D eigenvalue weighted by Gasteiger charge is 2.09. The summed E-state index contributed by atoms with van der Waals surface area (Å²) < 4.78 is 2.84. The zero-order valence-corrected chi connectivity index (χ0v) is 14.2. The monoisotopic (exact) mass is 354 g/mol. The van der Waals surface area contributed by atoms with Crippen molar-refractivity contribution in [2.45, 2.75) is 19.5 Å². The number of aromatic nitrogens is 4. The van der Waals surface area contributed by atoms with Gasteiger partial charge in [-0.1, -0.05) is 12.1 Å². The van der Waals surface area contributed by atoms with E-state index in [1.807, 2.05) is 6.07 Å². The second-order valence-electron chi connectivity index (χ2n) is 5.66. The predicted octanol–water partition coefficient (Wildman–Crippen LogP) is 0.368. The van der Waals surface area contributed by atoms with Crippen LogP contribution >= 0.6 is 0 Å². The minimum Gasteiger partial charge on any atom is -0.358 e. The Morgan fingerprint density at radius 2 is 2.00 bits per heavy atom. The van der Waals surface area contributed by atoms with Gasteiger partial charge in [-0.3, -0.25) is 23.6 Å². The molecule has 0 saturated heterocycles. The van der Waals surface area contributed by atoms with Crippen LogP contribution in [0.3, 0.4) is 0 Å². The molecule has 0 spiro atoms. The number of para-hydroxylation sites is 1. The maximum Gasteiger partial charge on any atom is 0.261 e. The SMILES string of the molecule is CNC(=O)Cn1cc(NC(=O)CCn2cnc3ccccc3c2=O)cn1. The van der Waals surface area contributed by atoms with E-state index in [0.29, 0.717) is 16.6 Å². The highest BCUT2D eigenvalue weighted by atomic mass is 16.2. The van der Waals surface area contributed by atoms with Gasteiger partial charge in [0.05, 0.1) is 29.1 Å². The Bertz CT molecular complexity index is 1010. The summed E-state index contributed by atoms with van der Waals surface area (Å²) in [5.41, 5.74) is 0.936. The maximum absolute atomic E-state index is 12.4. The molecule has 134 valence electrons. The smallest absolute Gasteiger partial charge is 0.261 e. The van der Waals surface area contributed by atoms with E-state index >= 15 is 0 Å². The lowest BCUT2D eigenvalue weighted by molar-refractivity contribution is -0.121. The highest BCUT2D eigenvalue weighted by molar-refractivity contribution is 5.90. The summed E-state index contributed by atoms with van der Waals surface area (Å²) in [6, 6.07) is 7.07. The second-order valence-corrected chi connectivity index (χ2v) is 5.66. The van der Waals surface area contributed by atoms with Gasteiger partial charge in [-0.15, -0.1) is 0 Å². The molecule has 3 aromatic rings. The zero-order chi connectivity index (χ0) is 18.5. The first kappa shape index (κ1) is 17.3. The van der Waals surface area contributed by atoms with Crippen molar-refractivity contribution in [2.75, 3.05) is 12.4 Å². The Hall–Kier alpha value is -3.49.